The molecule has 0 aliphatic heterocycles. The summed E-state index contributed by atoms with van der Waals surface area (Å²) in [5.41, 5.74) is 2.03. The van der Waals surface area contributed by atoms with Gasteiger partial charge in [0.15, 0.2) is 6.61 Å². The fourth-order valence-corrected chi connectivity index (χ4v) is 2.99. The lowest BCUT2D eigenvalue weighted by Gasteiger charge is -2.23. The molecular formula is C23H24O6. The van der Waals surface area contributed by atoms with E-state index in [4.69, 9.17) is 19.0 Å². The van der Waals surface area contributed by atoms with Crippen LogP contribution in [0.4, 0.5) is 0 Å². The van der Waals surface area contributed by atoms with Gasteiger partial charge in [0, 0.05) is 11.6 Å². The highest BCUT2D eigenvalue weighted by Crippen LogP contribution is 2.35. The molecule has 1 N–H and O–H groups in total. The lowest BCUT2D eigenvalue weighted by molar-refractivity contribution is -0.139. The number of aliphatic carboxylic acids is 1. The van der Waals surface area contributed by atoms with E-state index >= 15 is 0 Å². The number of ether oxygens (including phenoxy) is 2. The number of rotatable bonds is 6. The molecule has 3 aromatic rings. The van der Waals surface area contributed by atoms with E-state index in [0.717, 1.165) is 12.0 Å². The first-order chi connectivity index (χ1) is 13.7. The minimum absolute atomic E-state index is 0.0893. The van der Waals surface area contributed by atoms with Gasteiger partial charge >= 0.3 is 5.97 Å². The summed E-state index contributed by atoms with van der Waals surface area (Å²) in [7, 11) is 0. The number of carboxylic acids is 1. The Morgan fingerprint density at radius 1 is 1.10 bits per heavy atom. The van der Waals surface area contributed by atoms with Crippen molar-refractivity contribution in [3.05, 3.63) is 64.0 Å². The van der Waals surface area contributed by atoms with Gasteiger partial charge in [-0.3, -0.25) is 4.79 Å². The molecule has 0 bridgehead atoms. The summed E-state index contributed by atoms with van der Waals surface area (Å²) in [6.45, 7) is 7.90. The summed E-state index contributed by atoms with van der Waals surface area (Å²) < 4.78 is 16.7. The van der Waals surface area contributed by atoms with E-state index in [1.165, 1.54) is 30.0 Å². The summed E-state index contributed by atoms with van der Waals surface area (Å²) in [5.74, 6) is -0.0739. The lowest BCUT2D eigenvalue weighted by atomic mass is 9.85. The average molecular weight is 396 g/mol. The van der Waals surface area contributed by atoms with Gasteiger partial charge in [-0.25, -0.2) is 4.79 Å². The number of benzene rings is 2. The normalized spacial score (nSPS) is 11.4. The van der Waals surface area contributed by atoms with E-state index in [1.54, 1.807) is 0 Å². The molecule has 0 saturated heterocycles. The first-order valence-corrected chi connectivity index (χ1v) is 9.40. The van der Waals surface area contributed by atoms with Crippen LogP contribution in [0, 0.1) is 0 Å². The lowest BCUT2D eigenvalue weighted by Crippen LogP contribution is -2.14. The molecule has 0 unspecified atom stereocenters. The third-order valence-electron chi connectivity index (χ3n) is 4.56. The van der Waals surface area contributed by atoms with Gasteiger partial charge in [-0.2, -0.15) is 0 Å². The second-order valence-corrected chi connectivity index (χ2v) is 7.81. The molecule has 0 aliphatic carbocycles. The topological polar surface area (TPSA) is 86.0 Å². The minimum atomic E-state index is -1.08. The highest BCUT2D eigenvalue weighted by molar-refractivity contribution is 5.79. The number of aryl methyl sites for hydroxylation is 1. The third kappa shape index (κ3) is 4.59. The van der Waals surface area contributed by atoms with Crippen molar-refractivity contribution in [2.24, 2.45) is 0 Å². The zero-order valence-electron chi connectivity index (χ0n) is 16.9. The molecule has 0 radical (unpaired) electrons. The van der Waals surface area contributed by atoms with Crippen molar-refractivity contribution in [2.75, 3.05) is 6.61 Å². The van der Waals surface area contributed by atoms with Gasteiger partial charge in [0.05, 0.1) is 5.39 Å². The molecule has 6 heteroatoms. The van der Waals surface area contributed by atoms with Crippen molar-refractivity contribution in [1.29, 1.82) is 0 Å². The first-order valence-electron chi connectivity index (χ1n) is 9.40. The summed E-state index contributed by atoms with van der Waals surface area (Å²) in [6.07, 6.45) is 2.18. The number of carbonyl (C=O) groups is 1. The van der Waals surface area contributed by atoms with E-state index < -0.39 is 12.6 Å². The zero-order chi connectivity index (χ0) is 21.2. The second kappa shape index (κ2) is 7.99. The van der Waals surface area contributed by atoms with Crippen LogP contribution in [0.2, 0.25) is 0 Å². The smallest absolute Gasteiger partial charge is 0.341 e. The van der Waals surface area contributed by atoms with E-state index in [-0.39, 0.29) is 16.6 Å². The third-order valence-corrected chi connectivity index (χ3v) is 4.56. The van der Waals surface area contributed by atoms with Gasteiger partial charge in [-0.1, -0.05) is 39.8 Å². The second-order valence-electron chi connectivity index (χ2n) is 7.81. The van der Waals surface area contributed by atoms with Crippen molar-refractivity contribution >= 4 is 16.9 Å². The molecule has 2 aromatic carbocycles. The molecule has 152 valence electrons. The highest BCUT2D eigenvalue weighted by atomic mass is 16.5. The molecule has 1 aromatic heterocycles. The number of fused-ring (bicyclic) bond motifs is 1. The summed E-state index contributed by atoms with van der Waals surface area (Å²) in [4.78, 5) is 23.5. The fourth-order valence-electron chi connectivity index (χ4n) is 2.99. The van der Waals surface area contributed by atoms with Crippen LogP contribution in [0.1, 0.15) is 38.8 Å². The van der Waals surface area contributed by atoms with Gasteiger partial charge in [-0.05, 0) is 35.6 Å². The molecule has 1 heterocycles. The highest BCUT2D eigenvalue weighted by Gasteiger charge is 2.21. The van der Waals surface area contributed by atoms with Crippen molar-refractivity contribution in [2.45, 2.75) is 39.5 Å². The Morgan fingerprint density at radius 3 is 2.52 bits per heavy atom. The number of hydrogen-bond acceptors (Lipinski definition) is 5. The van der Waals surface area contributed by atoms with Crippen LogP contribution in [0.15, 0.2) is 51.9 Å². The Kier molecular flexibility index (Phi) is 5.64. The Labute approximate surface area is 168 Å². The van der Waals surface area contributed by atoms with Crippen LogP contribution in [0.5, 0.6) is 17.2 Å². The number of hydrogen-bond donors (Lipinski definition) is 1. The standard InChI is InChI=1S/C23H24O6/c1-5-14-6-9-18(17(10-14)23(2,3)4)29-20-12-28-19-11-15(27-13-21(24)25)7-8-16(19)22(20)26/h6-12H,5,13H2,1-4H3,(H,24,25). The van der Waals surface area contributed by atoms with Gasteiger partial charge < -0.3 is 19.0 Å². The molecule has 0 spiro atoms. The monoisotopic (exact) mass is 396 g/mol. The van der Waals surface area contributed by atoms with Gasteiger partial charge in [0.25, 0.3) is 0 Å². The van der Waals surface area contributed by atoms with Crippen LogP contribution in [-0.2, 0) is 16.6 Å². The summed E-state index contributed by atoms with van der Waals surface area (Å²) in [5, 5.41) is 9.03. The molecule has 0 atom stereocenters. The van der Waals surface area contributed by atoms with Crippen LogP contribution < -0.4 is 14.9 Å². The van der Waals surface area contributed by atoms with Gasteiger partial charge in [0.2, 0.25) is 11.2 Å². The Balaban J connectivity index is 1.97. The number of carboxylic acid groups (broad SMARTS) is 1. The Morgan fingerprint density at radius 2 is 1.86 bits per heavy atom. The van der Waals surface area contributed by atoms with Crippen molar-refractivity contribution in [1.82, 2.24) is 0 Å². The van der Waals surface area contributed by atoms with E-state index in [1.807, 2.05) is 12.1 Å². The van der Waals surface area contributed by atoms with Crippen molar-refractivity contribution in [3.8, 4) is 17.2 Å². The van der Waals surface area contributed by atoms with Crippen LogP contribution in [0.25, 0.3) is 11.0 Å². The van der Waals surface area contributed by atoms with Crippen LogP contribution in [0.3, 0.4) is 0 Å². The molecule has 3 rings (SSSR count). The summed E-state index contributed by atoms with van der Waals surface area (Å²) >= 11 is 0. The van der Waals surface area contributed by atoms with E-state index in [9.17, 15) is 9.59 Å². The van der Waals surface area contributed by atoms with Crippen LogP contribution >= 0.6 is 0 Å². The summed E-state index contributed by atoms with van der Waals surface area (Å²) in [6, 6.07) is 10.5. The molecule has 0 amide bonds. The maximum absolute atomic E-state index is 12.9. The molecule has 29 heavy (non-hydrogen) atoms. The molecule has 0 aliphatic rings. The SMILES string of the molecule is CCc1ccc(Oc2coc3cc(OCC(=O)O)ccc3c2=O)c(C(C)(C)C)c1. The maximum atomic E-state index is 12.9. The predicted molar refractivity (Wildman–Crippen MR) is 110 cm³/mol. The fraction of sp³-hybridized carbons (Fsp3) is 0.304. The maximum Gasteiger partial charge on any atom is 0.341 e. The molecule has 0 fully saturated rings. The van der Waals surface area contributed by atoms with Crippen LogP contribution in [-0.4, -0.2) is 17.7 Å². The van der Waals surface area contributed by atoms with Crippen molar-refractivity contribution < 1.29 is 23.8 Å². The van der Waals surface area contributed by atoms with E-state index in [0.29, 0.717) is 22.5 Å². The van der Waals surface area contributed by atoms with E-state index in [2.05, 4.69) is 33.8 Å². The van der Waals surface area contributed by atoms with Gasteiger partial charge in [0.1, 0.15) is 23.3 Å². The largest absolute Gasteiger partial charge is 0.482 e. The van der Waals surface area contributed by atoms with Gasteiger partial charge in [-0.15, -0.1) is 0 Å². The Bertz CT molecular complexity index is 1100. The first kappa shape index (κ1) is 20.5. The molecule has 6 nitrogen and oxygen atoms in total. The predicted octanol–water partition coefficient (Wildman–Crippen LogP) is 4.91. The molecule has 0 saturated carbocycles. The minimum Gasteiger partial charge on any atom is -0.482 e. The van der Waals surface area contributed by atoms with Crippen molar-refractivity contribution in [3.63, 3.8) is 0 Å². The quantitative estimate of drug-likeness (QED) is 0.637. The average Bonchev–Trinajstić information content (AvgIpc) is 2.68. The zero-order valence-corrected chi connectivity index (χ0v) is 16.9. The molecular weight excluding hydrogens is 372 g/mol. The Hall–Kier alpha value is -3.28.